The van der Waals surface area contributed by atoms with Crippen LogP contribution in [0.3, 0.4) is 0 Å². The Hall–Kier alpha value is -0.860. The molecule has 14 heavy (non-hydrogen) atoms. The molecule has 0 bridgehead atoms. The Balaban J connectivity index is 2.51. The lowest BCUT2D eigenvalue weighted by molar-refractivity contribution is 1.39. The zero-order chi connectivity index (χ0) is 10.1. The van der Waals surface area contributed by atoms with Crippen molar-refractivity contribution in [3.05, 3.63) is 40.5 Å². The summed E-state index contributed by atoms with van der Waals surface area (Å²) in [4.78, 5) is 1.13. The Morgan fingerprint density at radius 2 is 1.71 bits per heavy atom. The van der Waals surface area contributed by atoms with Gasteiger partial charge < -0.3 is 0 Å². The summed E-state index contributed by atoms with van der Waals surface area (Å²) in [6.45, 7) is 4.19. The zero-order valence-corrected chi connectivity index (χ0v) is 9.62. The highest BCUT2D eigenvalue weighted by Crippen LogP contribution is 2.28. The molecule has 0 spiro atoms. The Labute approximate surface area is 92.5 Å². The fraction of sp³-hybridized carbons (Fsp3) is 0.182. The van der Waals surface area contributed by atoms with Gasteiger partial charge in [0, 0.05) is 0 Å². The van der Waals surface area contributed by atoms with Crippen LogP contribution in [-0.2, 0) is 0 Å². The van der Waals surface area contributed by atoms with Crippen LogP contribution < -0.4 is 0 Å². The lowest BCUT2D eigenvalue weighted by Crippen LogP contribution is -1.79. The van der Waals surface area contributed by atoms with Crippen LogP contribution in [0.25, 0.3) is 10.4 Å². The Morgan fingerprint density at radius 1 is 1.07 bits per heavy atom. The molecule has 2 aromatic rings. The average molecular weight is 224 g/mol. The largest absolute Gasteiger partial charge is 0.180 e. The molecule has 0 unspecified atom stereocenters. The van der Waals surface area contributed by atoms with Gasteiger partial charge in [-0.1, -0.05) is 40.9 Å². The van der Waals surface area contributed by atoms with E-state index in [1.807, 2.05) is 6.07 Å². The van der Waals surface area contributed by atoms with Crippen LogP contribution in [0.4, 0.5) is 0 Å². The molecular weight excluding hydrogens is 214 g/mol. The van der Waals surface area contributed by atoms with Crippen LogP contribution in [0.1, 0.15) is 11.1 Å². The predicted octanol–water partition coefficient (Wildman–Crippen LogP) is 4.08. The minimum Gasteiger partial charge on any atom is -0.180 e. The van der Waals surface area contributed by atoms with E-state index in [2.05, 4.69) is 36.4 Å². The van der Waals surface area contributed by atoms with Crippen molar-refractivity contribution in [2.24, 2.45) is 0 Å². The van der Waals surface area contributed by atoms with Crippen molar-refractivity contribution in [1.29, 1.82) is 0 Å². The molecule has 0 amide bonds. The van der Waals surface area contributed by atoms with E-state index in [0.717, 1.165) is 4.88 Å². The fourth-order valence-electron chi connectivity index (χ4n) is 1.51. The van der Waals surface area contributed by atoms with Crippen LogP contribution in [0.5, 0.6) is 0 Å². The number of halogens is 1. The van der Waals surface area contributed by atoms with Gasteiger partial charge in [-0.3, -0.25) is 0 Å². The molecule has 0 N–H and O–H groups in total. The van der Waals surface area contributed by atoms with Crippen molar-refractivity contribution in [3.8, 4) is 10.4 Å². The molecule has 0 atom stereocenters. The van der Waals surface area contributed by atoms with E-state index < -0.39 is 0 Å². The maximum Gasteiger partial charge on any atom is 0.143 e. The maximum absolute atomic E-state index is 5.79. The highest BCUT2D eigenvalue weighted by atomic mass is 35.5. The van der Waals surface area contributed by atoms with Gasteiger partial charge in [0.25, 0.3) is 0 Å². The molecule has 1 aromatic heterocycles. The van der Waals surface area contributed by atoms with Gasteiger partial charge in [0.2, 0.25) is 0 Å². The van der Waals surface area contributed by atoms with Gasteiger partial charge in [-0.25, -0.2) is 0 Å². The highest BCUT2D eigenvalue weighted by molar-refractivity contribution is 7.09. The van der Waals surface area contributed by atoms with Crippen LogP contribution in [0.2, 0.25) is 5.15 Å². The molecule has 0 aliphatic rings. The summed E-state index contributed by atoms with van der Waals surface area (Å²) in [6.07, 6.45) is 0. The second-order valence-corrected chi connectivity index (χ2v) is 4.58. The molecule has 0 fully saturated rings. The normalized spacial score (nSPS) is 10.5. The lowest BCUT2D eigenvalue weighted by Gasteiger charge is -2.01. The summed E-state index contributed by atoms with van der Waals surface area (Å²) in [7, 11) is 0. The summed E-state index contributed by atoms with van der Waals surface area (Å²) < 4.78 is 4.06. The van der Waals surface area contributed by atoms with Gasteiger partial charge in [0.15, 0.2) is 0 Å². The van der Waals surface area contributed by atoms with Crippen molar-refractivity contribution < 1.29 is 0 Å². The van der Waals surface area contributed by atoms with Crippen molar-refractivity contribution in [1.82, 2.24) is 4.37 Å². The number of aromatic nitrogens is 1. The van der Waals surface area contributed by atoms with Crippen molar-refractivity contribution in [3.63, 3.8) is 0 Å². The Bertz CT molecular complexity index is 442. The summed E-state index contributed by atoms with van der Waals surface area (Å²) in [5, 5.41) is 0.573. The van der Waals surface area contributed by atoms with Crippen molar-refractivity contribution >= 4 is 23.1 Å². The first-order chi connectivity index (χ1) is 6.65. The van der Waals surface area contributed by atoms with Gasteiger partial charge in [-0.05, 0) is 37.0 Å². The number of aryl methyl sites for hydroxylation is 2. The third-order valence-corrected chi connectivity index (χ3v) is 3.12. The van der Waals surface area contributed by atoms with E-state index in [4.69, 9.17) is 11.6 Å². The molecule has 0 aliphatic carbocycles. The van der Waals surface area contributed by atoms with E-state index in [-0.39, 0.29) is 0 Å². The summed E-state index contributed by atoms with van der Waals surface area (Å²) in [5.74, 6) is 0. The molecular formula is C11H10ClNS. The summed E-state index contributed by atoms with van der Waals surface area (Å²) in [5.41, 5.74) is 3.74. The molecule has 0 aliphatic heterocycles. The average Bonchev–Trinajstić information content (AvgIpc) is 2.50. The summed E-state index contributed by atoms with van der Waals surface area (Å²) >= 11 is 7.23. The molecule has 0 radical (unpaired) electrons. The second kappa shape index (κ2) is 3.71. The maximum atomic E-state index is 5.79. The van der Waals surface area contributed by atoms with E-state index in [9.17, 15) is 0 Å². The van der Waals surface area contributed by atoms with Crippen LogP contribution in [0.15, 0.2) is 24.3 Å². The van der Waals surface area contributed by atoms with E-state index in [0.29, 0.717) is 5.15 Å². The topological polar surface area (TPSA) is 12.9 Å². The van der Waals surface area contributed by atoms with Crippen molar-refractivity contribution in [2.45, 2.75) is 13.8 Å². The number of hydrogen-bond donors (Lipinski definition) is 0. The highest BCUT2D eigenvalue weighted by Gasteiger charge is 2.03. The number of rotatable bonds is 1. The monoisotopic (exact) mass is 223 g/mol. The smallest absolute Gasteiger partial charge is 0.143 e. The third kappa shape index (κ3) is 1.97. The van der Waals surface area contributed by atoms with Gasteiger partial charge in [-0.2, -0.15) is 4.37 Å². The van der Waals surface area contributed by atoms with Gasteiger partial charge in [0.05, 0.1) is 4.88 Å². The molecule has 2 rings (SSSR count). The van der Waals surface area contributed by atoms with Gasteiger partial charge in [-0.15, -0.1) is 0 Å². The Morgan fingerprint density at radius 3 is 2.21 bits per heavy atom. The molecule has 72 valence electrons. The quantitative estimate of drug-likeness (QED) is 0.710. The first kappa shape index (κ1) is 9.69. The molecule has 0 saturated heterocycles. The van der Waals surface area contributed by atoms with E-state index >= 15 is 0 Å². The molecule has 1 heterocycles. The standard InChI is InChI=1S/C11H10ClNS/c1-7-3-8(2)5-9(4-7)10-6-11(12)13-14-10/h3-6H,1-2H3. The number of benzene rings is 1. The Kier molecular flexibility index (Phi) is 2.57. The zero-order valence-electron chi connectivity index (χ0n) is 8.04. The van der Waals surface area contributed by atoms with Crippen molar-refractivity contribution in [2.75, 3.05) is 0 Å². The number of nitrogens with zero attached hydrogens (tertiary/aromatic N) is 1. The third-order valence-electron chi connectivity index (χ3n) is 1.99. The fourth-order valence-corrected chi connectivity index (χ4v) is 2.41. The minimum absolute atomic E-state index is 0.573. The summed E-state index contributed by atoms with van der Waals surface area (Å²) in [6, 6.07) is 8.36. The van der Waals surface area contributed by atoms with E-state index in [1.165, 1.54) is 28.2 Å². The lowest BCUT2D eigenvalue weighted by atomic mass is 10.1. The second-order valence-electron chi connectivity index (χ2n) is 3.39. The van der Waals surface area contributed by atoms with Gasteiger partial charge >= 0.3 is 0 Å². The van der Waals surface area contributed by atoms with Crippen LogP contribution in [0, 0.1) is 13.8 Å². The molecule has 1 aromatic carbocycles. The first-order valence-corrected chi connectivity index (χ1v) is 5.51. The number of hydrogen-bond acceptors (Lipinski definition) is 2. The van der Waals surface area contributed by atoms with E-state index in [1.54, 1.807) is 0 Å². The molecule has 0 saturated carbocycles. The van der Waals surface area contributed by atoms with Crippen LogP contribution in [-0.4, -0.2) is 4.37 Å². The molecule has 1 nitrogen and oxygen atoms in total. The first-order valence-electron chi connectivity index (χ1n) is 4.36. The SMILES string of the molecule is Cc1cc(C)cc(-c2cc(Cl)ns2)c1. The molecule has 3 heteroatoms. The predicted molar refractivity (Wildman–Crippen MR) is 62.0 cm³/mol. The minimum atomic E-state index is 0.573. The van der Waals surface area contributed by atoms with Gasteiger partial charge in [0.1, 0.15) is 5.15 Å². The van der Waals surface area contributed by atoms with Crippen LogP contribution >= 0.6 is 23.1 Å².